The Morgan fingerprint density at radius 1 is 0.840 bits per heavy atom. The zero-order valence-corrected chi connectivity index (χ0v) is 17.2. The Balaban J connectivity index is 2.03. The largest absolute Gasteiger partial charge is 0.0619 e. The third-order valence-corrected chi connectivity index (χ3v) is 7.08. The topological polar surface area (TPSA) is 0 Å². The van der Waals surface area contributed by atoms with Crippen LogP contribution >= 0.6 is 31.9 Å². The van der Waals surface area contributed by atoms with E-state index < -0.39 is 0 Å². The third kappa shape index (κ3) is 2.04. The summed E-state index contributed by atoms with van der Waals surface area (Å²) >= 11 is 7.68. The standard InChI is InChI=1S/C23H16Br2/c1-23(2)18-8-4-3-6-13(18)10-17-19(23)12-15-16(22(17)25)11-14-7-5-9-20(24)21(14)15/h3-12H,1-2H3. The molecule has 0 bridgehead atoms. The first-order valence-electron chi connectivity index (χ1n) is 8.43. The van der Waals surface area contributed by atoms with Crippen molar-refractivity contribution in [3.05, 3.63) is 101 Å². The number of fused-ring (bicyclic) bond motifs is 4. The summed E-state index contributed by atoms with van der Waals surface area (Å²) in [6.45, 7) is 4.66. The van der Waals surface area contributed by atoms with Crippen molar-refractivity contribution in [1.29, 1.82) is 0 Å². The number of benzene rings is 3. The summed E-state index contributed by atoms with van der Waals surface area (Å²) in [5, 5.41) is 5.20. The van der Waals surface area contributed by atoms with Crippen LogP contribution in [0.3, 0.4) is 0 Å². The van der Waals surface area contributed by atoms with Crippen LogP contribution in [0, 0.1) is 10.4 Å². The van der Waals surface area contributed by atoms with Crippen LogP contribution in [0.2, 0.25) is 0 Å². The van der Waals surface area contributed by atoms with Gasteiger partial charge in [-0.15, -0.1) is 0 Å². The van der Waals surface area contributed by atoms with Crippen LogP contribution in [-0.4, -0.2) is 0 Å². The first-order chi connectivity index (χ1) is 12.0. The summed E-state index contributed by atoms with van der Waals surface area (Å²) in [5.41, 5.74) is 5.35. The van der Waals surface area contributed by atoms with Crippen molar-refractivity contribution < 1.29 is 0 Å². The van der Waals surface area contributed by atoms with Crippen molar-refractivity contribution in [3.8, 4) is 0 Å². The lowest BCUT2D eigenvalue weighted by molar-refractivity contribution is 0.628. The molecule has 0 aromatic heterocycles. The van der Waals surface area contributed by atoms with Gasteiger partial charge in [0, 0.05) is 19.6 Å². The maximum Gasteiger partial charge on any atom is 0.0329 e. The van der Waals surface area contributed by atoms with Gasteiger partial charge in [-0.25, -0.2) is 0 Å². The fourth-order valence-electron chi connectivity index (χ4n) is 4.28. The molecule has 0 unspecified atom stereocenters. The van der Waals surface area contributed by atoms with Crippen molar-refractivity contribution >= 4 is 44.0 Å². The Kier molecular flexibility index (Phi) is 3.24. The highest BCUT2D eigenvalue weighted by atomic mass is 79.9. The fourth-order valence-corrected chi connectivity index (χ4v) is 5.53. The van der Waals surface area contributed by atoms with Crippen LogP contribution in [0.4, 0.5) is 0 Å². The summed E-state index contributed by atoms with van der Waals surface area (Å²) in [4.78, 5) is 0. The van der Waals surface area contributed by atoms with Crippen LogP contribution in [-0.2, 0) is 5.41 Å². The molecule has 0 saturated carbocycles. The zero-order valence-electron chi connectivity index (χ0n) is 14.0. The summed E-state index contributed by atoms with van der Waals surface area (Å²) in [7, 11) is 0. The van der Waals surface area contributed by atoms with E-state index in [-0.39, 0.29) is 5.41 Å². The number of rotatable bonds is 0. The van der Waals surface area contributed by atoms with Crippen molar-refractivity contribution in [2.24, 2.45) is 0 Å². The number of halogens is 2. The van der Waals surface area contributed by atoms with Crippen LogP contribution < -0.4 is 10.4 Å². The monoisotopic (exact) mass is 450 g/mol. The molecule has 0 radical (unpaired) electrons. The highest BCUT2D eigenvalue weighted by Gasteiger charge is 2.31. The van der Waals surface area contributed by atoms with E-state index in [9.17, 15) is 0 Å². The van der Waals surface area contributed by atoms with Crippen LogP contribution in [0.15, 0.2) is 57.5 Å². The van der Waals surface area contributed by atoms with Gasteiger partial charge in [0.25, 0.3) is 0 Å². The van der Waals surface area contributed by atoms with Gasteiger partial charge in [-0.2, -0.15) is 0 Å². The van der Waals surface area contributed by atoms with Crippen molar-refractivity contribution in [1.82, 2.24) is 0 Å². The van der Waals surface area contributed by atoms with E-state index in [4.69, 9.17) is 0 Å². The average molecular weight is 452 g/mol. The Morgan fingerprint density at radius 3 is 2.48 bits per heavy atom. The molecule has 0 N–H and O–H groups in total. The lowest BCUT2D eigenvalue weighted by Crippen LogP contribution is -2.32. The van der Waals surface area contributed by atoms with E-state index >= 15 is 0 Å². The molecule has 25 heavy (non-hydrogen) atoms. The highest BCUT2D eigenvalue weighted by molar-refractivity contribution is 9.10. The summed E-state index contributed by atoms with van der Waals surface area (Å²) in [6.07, 6.45) is 4.62. The van der Waals surface area contributed by atoms with Gasteiger partial charge in [-0.05, 0) is 78.1 Å². The molecule has 2 aliphatic rings. The second-order valence-corrected chi connectivity index (χ2v) is 8.97. The van der Waals surface area contributed by atoms with Gasteiger partial charge in [-0.1, -0.05) is 66.2 Å². The van der Waals surface area contributed by atoms with Gasteiger partial charge >= 0.3 is 0 Å². The molecule has 3 aromatic carbocycles. The number of hydrogen-bond acceptors (Lipinski definition) is 0. The normalized spacial score (nSPS) is 15.4. The first-order valence-corrected chi connectivity index (χ1v) is 10.0. The third-order valence-electron chi connectivity index (χ3n) is 5.56. The fraction of sp³-hybridized carbons (Fsp3) is 0.130. The molecule has 0 amide bonds. The van der Waals surface area contributed by atoms with Crippen molar-refractivity contribution in [2.75, 3.05) is 0 Å². The van der Waals surface area contributed by atoms with Crippen molar-refractivity contribution in [2.45, 2.75) is 19.3 Å². The molecule has 122 valence electrons. The van der Waals surface area contributed by atoms with Gasteiger partial charge in [0.15, 0.2) is 0 Å². The van der Waals surface area contributed by atoms with Crippen LogP contribution in [0.1, 0.15) is 36.1 Å². The molecule has 3 aromatic rings. The Labute approximate surface area is 163 Å². The highest BCUT2D eigenvalue weighted by Crippen LogP contribution is 2.37. The van der Waals surface area contributed by atoms with E-state index in [1.165, 1.54) is 47.6 Å². The molecule has 5 rings (SSSR count). The molecule has 0 spiro atoms. The van der Waals surface area contributed by atoms with Gasteiger partial charge in [0.05, 0.1) is 0 Å². The number of hydrogen-bond donors (Lipinski definition) is 0. The molecule has 2 heteroatoms. The summed E-state index contributed by atoms with van der Waals surface area (Å²) in [6, 6.07) is 17.6. The SMILES string of the molecule is CC1(C)c2ccccc2C=c2c1cc1c(c2Br)C=c2cccc(Br)c2=1. The Hall–Kier alpha value is -1.64. The van der Waals surface area contributed by atoms with Gasteiger partial charge in [0.1, 0.15) is 0 Å². The molecule has 0 nitrogen and oxygen atoms in total. The molecular weight excluding hydrogens is 436 g/mol. The molecular formula is C23H16Br2. The predicted octanol–water partition coefficient (Wildman–Crippen LogP) is 5.11. The molecule has 0 atom stereocenters. The second-order valence-electron chi connectivity index (χ2n) is 7.32. The quantitative estimate of drug-likeness (QED) is 0.348. The molecule has 0 aliphatic heterocycles. The minimum absolute atomic E-state index is 0.0256. The Morgan fingerprint density at radius 2 is 1.64 bits per heavy atom. The predicted molar refractivity (Wildman–Crippen MR) is 111 cm³/mol. The summed E-state index contributed by atoms with van der Waals surface area (Å²) < 4.78 is 2.36. The first kappa shape index (κ1) is 15.6. The minimum Gasteiger partial charge on any atom is -0.0619 e. The van der Waals surface area contributed by atoms with Crippen LogP contribution in [0.25, 0.3) is 12.2 Å². The van der Waals surface area contributed by atoms with E-state index in [0.717, 1.165) is 4.47 Å². The lowest BCUT2D eigenvalue weighted by atomic mass is 9.72. The second kappa shape index (κ2) is 5.18. The molecule has 0 saturated heterocycles. The Bertz CT molecular complexity index is 1280. The van der Waals surface area contributed by atoms with E-state index in [2.05, 4.69) is 106 Å². The molecule has 0 heterocycles. The van der Waals surface area contributed by atoms with Crippen molar-refractivity contribution in [3.63, 3.8) is 0 Å². The van der Waals surface area contributed by atoms with Gasteiger partial charge in [0.2, 0.25) is 0 Å². The average Bonchev–Trinajstić information content (AvgIpc) is 2.97. The van der Waals surface area contributed by atoms with Crippen LogP contribution in [0.5, 0.6) is 0 Å². The maximum atomic E-state index is 3.93. The summed E-state index contributed by atoms with van der Waals surface area (Å²) in [5.74, 6) is 0. The minimum atomic E-state index is -0.0256. The van der Waals surface area contributed by atoms with E-state index in [1.54, 1.807) is 0 Å². The zero-order chi connectivity index (χ0) is 17.3. The lowest BCUT2D eigenvalue weighted by Gasteiger charge is -2.32. The smallest absolute Gasteiger partial charge is 0.0329 e. The van der Waals surface area contributed by atoms with Gasteiger partial charge < -0.3 is 0 Å². The van der Waals surface area contributed by atoms with Gasteiger partial charge in [-0.3, -0.25) is 0 Å². The van der Waals surface area contributed by atoms with E-state index in [1.807, 2.05) is 0 Å². The maximum absolute atomic E-state index is 3.93. The molecule has 0 fully saturated rings. The van der Waals surface area contributed by atoms with E-state index in [0.29, 0.717) is 0 Å². The molecule has 2 aliphatic carbocycles.